The number of nitrogens with one attached hydrogen (secondary N) is 2. The Morgan fingerprint density at radius 3 is 2.95 bits per heavy atom. The standard InChI is InChI=1S/C16H21N3O3/c1-11-5-6-13(10-14(11)15-17-7-9-22-15)19-16(21)18-12(2)4-3-8-20/h5-7,9-10,12,20H,3-4,8H2,1-2H3,(H2,18,19,21). The van der Waals surface area contributed by atoms with E-state index in [9.17, 15) is 4.79 Å². The number of aliphatic hydroxyl groups is 1. The molecule has 2 amide bonds. The summed E-state index contributed by atoms with van der Waals surface area (Å²) in [5, 5.41) is 14.4. The predicted molar refractivity (Wildman–Crippen MR) is 84.6 cm³/mol. The van der Waals surface area contributed by atoms with E-state index in [-0.39, 0.29) is 18.7 Å². The van der Waals surface area contributed by atoms with Crippen LogP contribution in [0.5, 0.6) is 0 Å². The third-order valence-corrected chi connectivity index (χ3v) is 3.33. The van der Waals surface area contributed by atoms with E-state index in [4.69, 9.17) is 9.52 Å². The van der Waals surface area contributed by atoms with Crippen LogP contribution in [0.15, 0.2) is 35.1 Å². The maximum Gasteiger partial charge on any atom is 0.319 e. The molecule has 2 aromatic rings. The summed E-state index contributed by atoms with van der Waals surface area (Å²) in [7, 11) is 0. The summed E-state index contributed by atoms with van der Waals surface area (Å²) in [6, 6.07) is 5.31. The molecule has 0 bridgehead atoms. The highest BCUT2D eigenvalue weighted by Crippen LogP contribution is 2.25. The molecule has 0 fully saturated rings. The summed E-state index contributed by atoms with van der Waals surface area (Å²) < 4.78 is 5.31. The zero-order valence-corrected chi connectivity index (χ0v) is 12.8. The first-order valence-corrected chi connectivity index (χ1v) is 7.29. The van der Waals surface area contributed by atoms with E-state index in [1.165, 1.54) is 6.26 Å². The van der Waals surface area contributed by atoms with Crippen molar-refractivity contribution in [1.29, 1.82) is 0 Å². The van der Waals surface area contributed by atoms with Gasteiger partial charge in [0.2, 0.25) is 5.89 Å². The van der Waals surface area contributed by atoms with Gasteiger partial charge in [-0.2, -0.15) is 0 Å². The lowest BCUT2D eigenvalue weighted by atomic mass is 10.1. The number of urea groups is 1. The van der Waals surface area contributed by atoms with Crippen molar-refractivity contribution in [3.8, 4) is 11.5 Å². The number of aromatic nitrogens is 1. The van der Waals surface area contributed by atoms with E-state index >= 15 is 0 Å². The van der Waals surface area contributed by atoms with Crippen molar-refractivity contribution in [1.82, 2.24) is 10.3 Å². The Bertz CT molecular complexity index is 611. The first-order chi connectivity index (χ1) is 10.6. The lowest BCUT2D eigenvalue weighted by Gasteiger charge is -2.14. The van der Waals surface area contributed by atoms with E-state index in [1.807, 2.05) is 32.0 Å². The molecule has 1 unspecified atom stereocenters. The maximum absolute atomic E-state index is 11.9. The van der Waals surface area contributed by atoms with E-state index < -0.39 is 0 Å². The second-order valence-corrected chi connectivity index (χ2v) is 5.23. The number of rotatable bonds is 6. The molecule has 1 aromatic heterocycles. The largest absolute Gasteiger partial charge is 0.445 e. The Hall–Kier alpha value is -2.34. The van der Waals surface area contributed by atoms with Crippen molar-refractivity contribution in [2.45, 2.75) is 32.7 Å². The van der Waals surface area contributed by atoms with Gasteiger partial charge < -0.3 is 20.2 Å². The molecule has 6 nitrogen and oxygen atoms in total. The van der Waals surface area contributed by atoms with Crippen LogP contribution in [0.2, 0.25) is 0 Å². The third-order valence-electron chi connectivity index (χ3n) is 3.33. The van der Waals surface area contributed by atoms with Crippen LogP contribution >= 0.6 is 0 Å². The fourth-order valence-corrected chi connectivity index (χ4v) is 2.15. The van der Waals surface area contributed by atoms with Gasteiger partial charge in [0, 0.05) is 23.9 Å². The van der Waals surface area contributed by atoms with Crippen molar-refractivity contribution >= 4 is 11.7 Å². The fraction of sp³-hybridized carbons (Fsp3) is 0.375. The molecule has 0 saturated carbocycles. The molecule has 1 atom stereocenters. The minimum absolute atomic E-state index is 0.00353. The average Bonchev–Trinajstić information content (AvgIpc) is 3.01. The molecular formula is C16H21N3O3. The molecule has 0 radical (unpaired) electrons. The third kappa shape index (κ3) is 4.33. The number of hydrogen-bond donors (Lipinski definition) is 3. The molecular weight excluding hydrogens is 282 g/mol. The molecule has 22 heavy (non-hydrogen) atoms. The summed E-state index contributed by atoms with van der Waals surface area (Å²) >= 11 is 0. The smallest absolute Gasteiger partial charge is 0.319 e. The molecule has 0 aliphatic heterocycles. The summed E-state index contributed by atoms with van der Waals surface area (Å²) in [4.78, 5) is 16.1. The Kier molecular flexibility index (Phi) is 5.55. The highest BCUT2D eigenvalue weighted by Gasteiger charge is 2.10. The van der Waals surface area contributed by atoms with E-state index in [2.05, 4.69) is 15.6 Å². The monoisotopic (exact) mass is 303 g/mol. The first kappa shape index (κ1) is 16.0. The van der Waals surface area contributed by atoms with Crippen molar-refractivity contribution in [2.75, 3.05) is 11.9 Å². The number of aryl methyl sites for hydroxylation is 1. The van der Waals surface area contributed by atoms with Gasteiger partial charge in [-0.05, 0) is 44.4 Å². The molecule has 0 saturated heterocycles. The van der Waals surface area contributed by atoms with Crippen molar-refractivity contribution in [3.05, 3.63) is 36.2 Å². The van der Waals surface area contributed by atoms with Crippen molar-refractivity contribution in [3.63, 3.8) is 0 Å². The van der Waals surface area contributed by atoms with Gasteiger partial charge in [0.1, 0.15) is 6.26 Å². The van der Waals surface area contributed by atoms with E-state index in [0.29, 0.717) is 18.0 Å². The van der Waals surface area contributed by atoms with Crippen LogP contribution in [0.1, 0.15) is 25.3 Å². The van der Waals surface area contributed by atoms with Crippen molar-refractivity contribution in [2.24, 2.45) is 0 Å². The average molecular weight is 303 g/mol. The molecule has 2 rings (SSSR count). The van der Waals surface area contributed by atoms with Crippen LogP contribution in [-0.2, 0) is 0 Å². The number of nitrogens with zero attached hydrogens (tertiary/aromatic N) is 1. The van der Waals surface area contributed by atoms with Gasteiger partial charge in [-0.3, -0.25) is 0 Å². The normalized spacial score (nSPS) is 12.0. The highest BCUT2D eigenvalue weighted by atomic mass is 16.3. The second-order valence-electron chi connectivity index (χ2n) is 5.23. The minimum atomic E-state index is -0.271. The Balaban J connectivity index is 2.01. The quantitative estimate of drug-likeness (QED) is 0.765. The molecule has 118 valence electrons. The SMILES string of the molecule is Cc1ccc(NC(=O)NC(C)CCCO)cc1-c1ncco1. The highest BCUT2D eigenvalue weighted by molar-refractivity contribution is 5.90. The summed E-state index contributed by atoms with van der Waals surface area (Å²) in [5.74, 6) is 0.526. The van der Waals surface area contributed by atoms with Crippen LogP contribution in [0.4, 0.5) is 10.5 Å². The zero-order chi connectivity index (χ0) is 15.9. The predicted octanol–water partition coefficient (Wildman–Crippen LogP) is 2.93. The maximum atomic E-state index is 11.9. The van der Waals surface area contributed by atoms with Crippen LogP contribution in [0.25, 0.3) is 11.5 Å². The molecule has 6 heteroatoms. The van der Waals surface area contributed by atoms with Gasteiger partial charge in [-0.25, -0.2) is 9.78 Å². The van der Waals surface area contributed by atoms with Gasteiger partial charge in [0.15, 0.2) is 0 Å². The molecule has 3 N–H and O–H groups in total. The van der Waals surface area contributed by atoms with Crippen molar-refractivity contribution < 1.29 is 14.3 Å². The van der Waals surface area contributed by atoms with Gasteiger partial charge in [0.25, 0.3) is 0 Å². The number of aliphatic hydroxyl groups excluding tert-OH is 1. The van der Waals surface area contributed by atoms with E-state index in [0.717, 1.165) is 17.5 Å². The van der Waals surface area contributed by atoms with Gasteiger partial charge in [-0.15, -0.1) is 0 Å². The minimum Gasteiger partial charge on any atom is -0.445 e. The van der Waals surface area contributed by atoms with Gasteiger partial charge in [-0.1, -0.05) is 6.07 Å². The van der Waals surface area contributed by atoms with Gasteiger partial charge >= 0.3 is 6.03 Å². The second kappa shape index (κ2) is 7.61. The van der Waals surface area contributed by atoms with Crippen LogP contribution < -0.4 is 10.6 Å². The number of benzene rings is 1. The number of oxazole rings is 1. The Labute approximate surface area is 129 Å². The molecule has 0 aliphatic carbocycles. The number of carbonyl (C=O) groups is 1. The molecule has 0 spiro atoms. The zero-order valence-electron chi connectivity index (χ0n) is 12.8. The van der Waals surface area contributed by atoms with E-state index in [1.54, 1.807) is 6.20 Å². The van der Waals surface area contributed by atoms with Crippen LogP contribution in [0.3, 0.4) is 0 Å². The van der Waals surface area contributed by atoms with Crippen LogP contribution in [-0.4, -0.2) is 28.8 Å². The number of amides is 2. The number of anilines is 1. The number of hydrogen-bond acceptors (Lipinski definition) is 4. The molecule has 0 aliphatic rings. The molecule has 1 aromatic carbocycles. The summed E-state index contributed by atoms with van der Waals surface area (Å²) in [5.41, 5.74) is 2.53. The fourth-order valence-electron chi connectivity index (χ4n) is 2.15. The topological polar surface area (TPSA) is 87.4 Å². The Morgan fingerprint density at radius 1 is 1.45 bits per heavy atom. The lowest BCUT2D eigenvalue weighted by Crippen LogP contribution is -2.36. The summed E-state index contributed by atoms with van der Waals surface area (Å²) in [6.45, 7) is 3.99. The first-order valence-electron chi connectivity index (χ1n) is 7.29. The summed E-state index contributed by atoms with van der Waals surface area (Å²) in [6.07, 6.45) is 4.51. The number of carbonyl (C=O) groups excluding carboxylic acids is 1. The lowest BCUT2D eigenvalue weighted by molar-refractivity contribution is 0.245. The van der Waals surface area contributed by atoms with Gasteiger partial charge in [0.05, 0.1) is 6.20 Å². The Morgan fingerprint density at radius 2 is 2.27 bits per heavy atom. The van der Waals surface area contributed by atoms with Crippen LogP contribution in [0, 0.1) is 6.92 Å². The molecule has 1 heterocycles.